The van der Waals surface area contributed by atoms with Crippen molar-refractivity contribution in [3.8, 4) is 5.75 Å². The van der Waals surface area contributed by atoms with Crippen LogP contribution >= 0.6 is 12.4 Å². The molecule has 4 nitrogen and oxygen atoms in total. The van der Waals surface area contributed by atoms with Gasteiger partial charge in [0.25, 0.3) is 0 Å². The summed E-state index contributed by atoms with van der Waals surface area (Å²) >= 11 is 0. The molecule has 22 heavy (non-hydrogen) atoms. The molecule has 0 heterocycles. The van der Waals surface area contributed by atoms with Crippen molar-refractivity contribution in [1.29, 1.82) is 0 Å². The van der Waals surface area contributed by atoms with E-state index >= 15 is 0 Å². The maximum absolute atomic E-state index is 12.7. The third-order valence-corrected chi connectivity index (χ3v) is 2.70. The monoisotopic (exact) mass is 340 g/mol. The third-order valence-electron chi connectivity index (χ3n) is 2.70. The highest BCUT2D eigenvalue weighted by atomic mass is 35.5. The van der Waals surface area contributed by atoms with E-state index < -0.39 is 11.7 Å². The number of carbonyl (C=O) groups is 1. The zero-order valence-electron chi connectivity index (χ0n) is 12.2. The molecule has 0 aliphatic rings. The second kappa shape index (κ2) is 9.53. The minimum Gasteiger partial charge on any atom is -0.491 e. The lowest BCUT2D eigenvalue weighted by Crippen LogP contribution is -2.29. The van der Waals surface area contributed by atoms with Gasteiger partial charge in [0.1, 0.15) is 12.4 Å². The van der Waals surface area contributed by atoms with Crippen molar-refractivity contribution in [2.24, 2.45) is 5.73 Å². The average Bonchev–Trinajstić information content (AvgIpc) is 2.40. The molecule has 1 unspecified atom stereocenters. The number of para-hydroxylation sites is 1. The molecule has 0 spiro atoms. The Labute approximate surface area is 133 Å². The quantitative estimate of drug-likeness (QED) is 0.750. The van der Waals surface area contributed by atoms with Crippen LogP contribution in [0.4, 0.5) is 13.2 Å². The van der Waals surface area contributed by atoms with Crippen molar-refractivity contribution in [1.82, 2.24) is 5.32 Å². The lowest BCUT2D eigenvalue weighted by Gasteiger charge is -2.14. The number of nitrogens with two attached hydrogens (primary N) is 1. The van der Waals surface area contributed by atoms with Crippen LogP contribution < -0.4 is 15.8 Å². The van der Waals surface area contributed by atoms with Gasteiger partial charge < -0.3 is 15.8 Å². The molecule has 1 amide bonds. The Bertz CT molecular complexity index is 468. The van der Waals surface area contributed by atoms with E-state index in [1.807, 2.05) is 0 Å². The van der Waals surface area contributed by atoms with Gasteiger partial charge >= 0.3 is 6.18 Å². The molecule has 0 radical (unpaired) electrons. The first kappa shape index (κ1) is 20.5. The molecular formula is C14H20ClF3N2O2. The van der Waals surface area contributed by atoms with Gasteiger partial charge in [-0.05, 0) is 25.5 Å². The van der Waals surface area contributed by atoms with Gasteiger partial charge in [-0.25, -0.2) is 0 Å². The Morgan fingerprint density at radius 2 is 2.00 bits per heavy atom. The van der Waals surface area contributed by atoms with Crippen molar-refractivity contribution < 1.29 is 22.7 Å². The first-order chi connectivity index (χ1) is 9.80. The predicted molar refractivity (Wildman–Crippen MR) is 80.1 cm³/mol. The molecule has 0 bridgehead atoms. The Balaban J connectivity index is 0.00000441. The molecule has 8 heteroatoms. The lowest BCUT2D eigenvalue weighted by atomic mass is 10.2. The molecule has 0 saturated heterocycles. The molecule has 0 aromatic heterocycles. The fourth-order valence-corrected chi connectivity index (χ4v) is 1.63. The predicted octanol–water partition coefficient (Wildman–Crippen LogP) is 2.75. The summed E-state index contributed by atoms with van der Waals surface area (Å²) in [5, 5.41) is 2.57. The molecule has 0 saturated carbocycles. The fraction of sp³-hybridized carbons (Fsp3) is 0.500. The summed E-state index contributed by atoms with van der Waals surface area (Å²) in [6.45, 7) is 1.91. The molecule has 0 aliphatic carbocycles. The van der Waals surface area contributed by atoms with E-state index in [1.165, 1.54) is 18.2 Å². The van der Waals surface area contributed by atoms with Gasteiger partial charge in [0.2, 0.25) is 5.91 Å². The van der Waals surface area contributed by atoms with E-state index in [4.69, 9.17) is 10.5 Å². The van der Waals surface area contributed by atoms with Crippen LogP contribution in [0.25, 0.3) is 0 Å². The Kier molecular flexibility index (Phi) is 8.89. The minimum atomic E-state index is -4.46. The Hall–Kier alpha value is -1.47. The van der Waals surface area contributed by atoms with Gasteiger partial charge in [0.05, 0.1) is 12.1 Å². The number of rotatable bonds is 7. The molecule has 0 fully saturated rings. The molecule has 1 atom stereocenters. The van der Waals surface area contributed by atoms with Crippen LogP contribution in [0, 0.1) is 0 Å². The highest BCUT2D eigenvalue weighted by molar-refractivity contribution is 5.85. The largest absolute Gasteiger partial charge is 0.491 e. The van der Waals surface area contributed by atoms with Crippen LogP contribution in [-0.4, -0.2) is 25.1 Å². The maximum atomic E-state index is 12.7. The normalized spacial score (nSPS) is 12.2. The molecule has 1 aromatic rings. The second-order valence-corrected chi connectivity index (χ2v) is 4.71. The number of benzene rings is 1. The summed E-state index contributed by atoms with van der Waals surface area (Å²) in [5.41, 5.74) is 4.69. The average molecular weight is 341 g/mol. The van der Waals surface area contributed by atoms with Gasteiger partial charge in [-0.1, -0.05) is 12.1 Å². The Morgan fingerprint density at radius 3 is 2.59 bits per heavy atom. The summed E-state index contributed by atoms with van der Waals surface area (Å²) in [5.74, 6) is -0.435. The highest BCUT2D eigenvalue weighted by Gasteiger charge is 2.33. The zero-order valence-corrected chi connectivity index (χ0v) is 13.0. The summed E-state index contributed by atoms with van der Waals surface area (Å²) in [6, 6.07) is 4.90. The van der Waals surface area contributed by atoms with E-state index in [2.05, 4.69) is 5.32 Å². The van der Waals surface area contributed by atoms with Crippen molar-refractivity contribution >= 4 is 18.3 Å². The van der Waals surface area contributed by atoms with Gasteiger partial charge in [-0.3, -0.25) is 4.79 Å². The lowest BCUT2D eigenvalue weighted by molar-refractivity contribution is -0.139. The molecule has 0 aliphatic heterocycles. The van der Waals surface area contributed by atoms with Crippen molar-refractivity contribution in [2.75, 3.05) is 13.2 Å². The number of halogens is 4. The first-order valence-electron chi connectivity index (χ1n) is 6.62. The number of nitrogens with one attached hydrogen (secondary N) is 1. The fourth-order valence-electron chi connectivity index (χ4n) is 1.63. The van der Waals surface area contributed by atoms with E-state index in [9.17, 15) is 18.0 Å². The van der Waals surface area contributed by atoms with Crippen LogP contribution in [0.1, 0.15) is 25.3 Å². The highest BCUT2D eigenvalue weighted by Crippen LogP contribution is 2.35. The van der Waals surface area contributed by atoms with Gasteiger partial charge in [0.15, 0.2) is 0 Å². The van der Waals surface area contributed by atoms with Gasteiger partial charge in [-0.2, -0.15) is 13.2 Å². The van der Waals surface area contributed by atoms with Gasteiger partial charge in [0, 0.05) is 12.5 Å². The third kappa shape index (κ3) is 7.51. The molecule has 1 aromatic carbocycles. The number of alkyl halides is 3. The topological polar surface area (TPSA) is 64.4 Å². The molecule has 3 N–H and O–H groups in total. The summed E-state index contributed by atoms with van der Waals surface area (Å²) < 4.78 is 43.2. The van der Waals surface area contributed by atoms with Crippen molar-refractivity contribution in [2.45, 2.75) is 32.0 Å². The SMILES string of the molecule is CC(N)CCC(=O)NCCOc1ccccc1C(F)(F)F.Cl. The van der Waals surface area contributed by atoms with Crippen molar-refractivity contribution in [3.05, 3.63) is 29.8 Å². The summed E-state index contributed by atoms with van der Waals surface area (Å²) in [4.78, 5) is 11.4. The van der Waals surface area contributed by atoms with Crippen LogP contribution in [0.3, 0.4) is 0 Å². The second-order valence-electron chi connectivity index (χ2n) is 4.71. The van der Waals surface area contributed by atoms with Crippen molar-refractivity contribution in [3.63, 3.8) is 0 Å². The smallest absolute Gasteiger partial charge is 0.419 e. The first-order valence-corrected chi connectivity index (χ1v) is 6.62. The molecule has 1 rings (SSSR count). The van der Waals surface area contributed by atoms with E-state index in [1.54, 1.807) is 6.92 Å². The number of hydrogen-bond acceptors (Lipinski definition) is 3. The van der Waals surface area contributed by atoms with E-state index in [-0.39, 0.29) is 49.7 Å². The number of hydrogen-bond donors (Lipinski definition) is 2. The van der Waals surface area contributed by atoms with E-state index in [0.717, 1.165) is 6.07 Å². The molecule has 126 valence electrons. The number of carbonyl (C=O) groups excluding carboxylic acids is 1. The number of amides is 1. The van der Waals surface area contributed by atoms with Crippen LogP contribution in [0.15, 0.2) is 24.3 Å². The van der Waals surface area contributed by atoms with Crippen LogP contribution in [-0.2, 0) is 11.0 Å². The standard InChI is InChI=1S/C14H19F3N2O2.ClH/c1-10(18)6-7-13(20)19-8-9-21-12-5-3-2-4-11(12)14(15,16)17;/h2-5,10H,6-9,18H2,1H3,(H,19,20);1H. The van der Waals surface area contributed by atoms with E-state index in [0.29, 0.717) is 6.42 Å². The zero-order chi connectivity index (χ0) is 15.9. The summed E-state index contributed by atoms with van der Waals surface area (Å²) in [7, 11) is 0. The van der Waals surface area contributed by atoms with Crippen LogP contribution in [0.2, 0.25) is 0 Å². The molecular weight excluding hydrogens is 321 g/mol. The Morgan fingerprint density at radius 1 is 1.36 bits per heavy atom. The maximum Gasteiger partial charge on any atom is 0.419 e. The summed E-state index contributed by atoms with van der Waals surface area (Å²) in [6.07, 6.45) is -3.61. The van der Waals surface area contributed by atoms with Crippen LogP contribution in [0.5, 0.6) is 5.75 Å². The van der Waals surface area contributed by atoms with Gasteiger partial charge in [-0.15, -0.1) is 12.4 Å². The minimum absolute atomic E-state index is 0. The number of ether oxygens (including phenoxy) is 1.